The summed E-state index contributed by atoms with van der Waals surface area (Å²) in [6, 6.07) is 6.04. The molecule has 2 aliphatic rings. The monoisotopic (exact) mass is 311 g/mol. The first-order chi connectivity index (χ1) is 9.87. The van der Waals surface area contributed by atoms with Crippen LogP contribution in [0, 0.1) is 11.7 Å². The first kappa shape index (κ1) is 14.5. The maximum Gasteiger partial charge on any atom is 0.226 e. The molecule has 3 rings (SSSR count). The predicted octanol–water partition coefficient (Wildman–Crippen LogP) is 1.57. The zero-order valence-electron chi connectivity index (χ0n) is 11.8. The molecule has 1 aliphatic heterocycles. The molecule has 0 aromatic heterocycles. The van der Waals surface area contributed by atoms with Crippen molar-refractivity contribution in [1.82, 2.24) is 4.90 Å². The Kier molecular flexibility index (Phi) is 3.51. The minimum atomic E-state index is -2.99. The van der Waals surface area contributed by atoms with Gasteiger partial charge in [0.15, 0.2) is 9.84 Å². The first-order valence-electron chi connectivity index (χ1n) is 7.10. The Hall–Kier alpha value is -1.43. The van der Waals surface area contributed by atoms with Gasteiger partial charge in [0.2, 0.25) is 5.91 Å². The molecule has 1 saturated heterocycles. The molecule has 21 heavy (non-hydrogen) atoms. The second-order valence-corrected chi connectivity index (χ2v) is 8.23. The molecule has 0 spiro atoms. The quantitative estimate of drug-likeness (QED) is 0.851. The molecule has 1 aromatic rings. The van der Waals surface area contributed by atoms with Crippen molar-refractivity contribution >= 4 is 15.7 Å². The Balaban J connectivity index is 1.63. The summed E-state index contributed by atoms with van der Waals surface area (Å²) in [7, 11) is -1.30. The normalized spacial score (nSPS) is 30.1. The summed E-state index contributed by atoms with van der Waals surface area (Å²) in [4.78, 5) is 14.0. The molecule has 1 aromatic carbocycles. The van der Waals surface area contributed by atoms with Crippen LogP contribution in [0.25, 0.3) is 0 Å². The van der Waals surface area contributed by atoms with Crippen molar-refractivity contribution in [2.24, 2.45) is 5.92 Å². The highest BCUT2D eigenvalue weighted by molar-refractivity contribution is 7.91. The third kappa shape index (κ3) is 2.95. The lowest BCUT2D eigenvalue weighted by Gasteiger charge is -2.23. The zero-order chi connectivity index (χ0) is 15.2. The van der Waals surface area contributed by atoms with Gasteiger partial charge in [-0.15, -0.1) is 0 Å². The van der Waals surface area contributed by atoms with E-state index in [4.69, 9.17) is 0 Å². The summed E-state index contributed by atoms with van der Waals surface area (Å²) in [5.41, 5.74) is 0.974. The van der Waals surface area contributed by atoms with Crippen LogP contribution in [0.2, 0.25) is 0 Å². The lowest BCUT2D eigenvalue weighted by Crippen LogP contribution is -2.39. The first-order valence-corrected chi connectivity index (χ1v) is 8.92. The average molecular weight is 311 g/mol. The van der Waals surface area contributed by atoms with Crippen LogP contribution in [0.15, 0.2) is 24.3 Å². The maximum atomic E-state index is 12.9. The van der Waals surface area contributed by atoms with Gasteiger partial charge in [-0.2, -0.15) is 0 Å². The van der Waals surface area contributed by atoms with Gasteiger partial charge in [-0.3, -0.25) is 4.79 Å². The minimum absolute atomic E-state index is 0.00595. The van der Waals surface area contributed by atoms with Gasteiger partial charge in [-0.05, 0) is 36.5 Å². The molecule has 1 heterocycles. The van der Waals surface area contributed by atoms with Gasteiger partial charge in [0, 0.05) is 19.0 Å². The molecular formula is C15H18FNO3S. The van der Waals surface area contributed by atoms with Crippen molar-refractivity contribution in [3.05, 3.63) is 35.6 Å². The van der Waals surface area contributed by atoms with E-state index in [-0.39, 0.29) is 41.1 Å². The van der Waals surface area contributed by atoms with Gasteiger partial charge in [-0.25, -0.2) is 12.8 Å². The molecule has 0 bridgehead atoms. The molecule has 0 radical (unpaired) electrons. The van der Waals surface area contributed by atoms with E-state index in [1.807, 2.05) is 0 Å². The van der Waals surface area contributed by atoms with E-state index >= 15 is 0 Å². The Morgan fingerprint density at radius 2 is 1.95 bits per heavy atom. The van der Waals surface area contributed by atoms with Crippen molar-refractivity contribution < 1.29 is 17.6 Å². The van der Waals surface area contributed by atoms with Gasteiger partial charge in [0.05, 0.1) is 11.5 Å². The number of sulfone groups is 1. The lowest BCUT2D eigenvalue weighted by molar-refractivity contribution is -0.133. The molecule has 1 saturated carbocycles. The van der Waals surface area contributed by atoms with Crippen LogP contribution in [0.4, 0.5) is 4.39 Å². The number of carbonyl (C=O) groups excluding carboxylic acids is 1. The topological polar surface area (TPSA) is 54.5 Å². The molecule has 0 unspecified atom stereocenters. The molecule has 0 N–H and O–H groups in total. The van der Waals surface area contributed by atoms with Crippen LogP contribution < -0.4 is 0 Å². The van der Waals surface area contributed by atoms with Gasteiger partial charge in [0.1, 0.15) is 5.82 Å². The second-order valence-electron chi connectivity index (χ2n) is 6.01. The van der Waals surface area contributed by atoms with Gasteiger partial charge < -0.3 is 4.90 Å². The highest BCUT2D eigenvalue weighted by atomic mass is 32.2. The van der Waals surface area contributed by atoms with Crippen molar-refractivity contribution in [3.8, 4) is 0 Å². The molecule has 3 atom stereocenters. The summed E-state index contributed by atoms with van der Waals surface area (Å²) in [5, 5.41) is 0. The highest BCUT2D eigenvalue weighted by Crippen LogP contribution is 2.48. The van der Waals surface area contributed by atoms with Crippen molar-refractivity contribution in [2.75, 3.05) is 18.6 Å². The zero-order valence-corrected chi connectivity index (χ0v) is 12.6. The van der Waals surface area contributed by atoms with Crippen LogP contribution in [0.3, 0.4) is 0 Å². The summed E-state index contributed by atoms with van der Waals surface area (Å²) < 4.78 is 35.9. The average Bonchev–Trinajstić information content (AvgIpc) is 3.15. The lowest BCUT2D eigenvalue weighted by atomic mass is 10.1. The molecule has 4 nitrogen and oxygen atoms in total. The number of benzene rings is 1. The summed E-state index contributed by atoms with van der Waals surface area (Å²) >= 11 is 0. The fraction of sp³-hybridized carbons (Fsp3) is 0.533. The fourth-order valence-corrected chi connectivity index (χ4v) is 4.84. The number of amides is 1. The summed E-state index contributed by atoms with van der Waals surface area (Å²) in [6.07, 6.45) is 1.28. The Labute approximate surface area is 123 Å². The molecule has 2 fully saturated rings. The van der Waals surface area contributed by atoms with E-state index < -0.39 is 9.84 Å². The molecular weight excluding hydrogens is 293 g/mol. The van der Waals surface area contributed by atoms with Crippen LogP contribution >= 0.6 is 0 Å². The second kappa shape index (κ2) is 5.09. The van der Waals surface area contributed by atoms with Gasteiger partial charge >= 0.3 is 0 Å². The van der Waals surface area contributed by atoms with Crippen LogP contribution in [0.1, 0.15) is 24.3 Å². The van der Waals surface area contributed by atoms with E-state index in [0.29, 0.717) is 6.42 Å². The number of nitrogens with zero attached hydrogens (tertiary/aromatic N) is 1. The van der Waals surface area contributed by atoms with E-state index in [1.54, 1.807) is 24.1 Å². The van der Waals surface area contributed by atoms with Gasteiger partial charge in [0.25, 0.3) is 0 Å². The number of rotatable bonds is 3. The van der Waals surface area contributed by atoms with E-state index in [0.717, 1.165) is 12.0 Å². The summed E-state index contributed by atoms with van der Waals surface area (Å²) in [5.74, 6) is 0.00847. The molecule has 1 aliphatic carbocycles. The van der Waals surface area contributed by atoms with Crippen molar-refractivity contribution in [1.29, 1.82) is 0 Å². The molecule has 6 heteroatoms. The smallest absolute Gasteiger partial charge is 0.226 e. The number of carbonyl (C=O) groups is 1. The number of hydrogen-bond acceptors (Lipinski definition) is 3. The number of hydrogen-bond donors (Lipinski definition) is 0. The van der Waals surface area contributed by atoms with Crippen molar-refractivity contribution in [2.45, 2.75) is 24.8 Å². The highest BCUT2D eigenvalue weighted by Gasteiger charge is 2.47. The maximum absolute atomic E-state index is 12.9. The van der Waals surface area contributed by atoms with E-state index in [9.17, 15) is 17.6 Å². The Morgan fingerprint density at radius 3 is 2.52 bits per heavy atom. The third-order valence-corrected chi connectivity index (χ3v) is 6.26. The largest absolute Gasteiger partial charge is 0.341 e. The summed E-state index contributed by atoms with van der Waals surface area (Å²) in [6.45, 7) is 0. The third-order valence-electron chi connectivity index (χ3n) is 4.51. The fourth-order valence-electron chi connectivity index (χ4n) is 3.07. The van der Waals surface area contributed by atoms with E-state index in [2.05, 4.69) is 0 Å². The Morgan fingerprint density at radius 1 is 1.29 bits per heavy atom. The standard InChI is InChI=1S/C15H18FNO3S/c1-17(12-6-7-21(19,20)9-12)15(18)14-8-13(14)10-2-4-11(16)5-3-10/h2-5,12-14H,6-9H2,1H3/t12-,13-,14+/m0/s1. The van der Waals surface area contributed by atoms with E-state index in [1.165, 1.54) is 12.1 Å². The minimum Gasteiger partial charge on any atom is -0.341 e. The van der Waals surface area contributed by atoms with Crippen LogP contribution in [-0.2, 0) is 14.6 Å². The van der Waals surface area contributed by atoms with Crippen LogP contribution in [0.5, 0.6) is 0 Å². The predicted molar refractivity (Wildman–Crippen MR) is 77.1 cm³/mol. The van der Waals surface area contributed by atoms with Gasteiger partial charge in [-0.1, -0.05) is 12.1 Å². The van der Waals surface area contributed by atoms with Crippen LogP contribution in [-0.4, -0.2) is 43.8 Å². The molecule has 1 amide bonds. The van der Waals surface area contributed by atoms with Crippen molar-refractivity contribution in [3.63, 3.8) is 0 Å². The molecule has 114 valence electrons. The number of halogens is 1. The Bertz CT molecular complexity index is 656. The SMILES string of the molecule is CN(C(=O)[C@@H]1C[C@H]1c1ccc(F)cc1)[C@H]1CCS(=O)(=O)C1.